The lowest BCUT2D eigenvalue weighted by Crippen LogP contribution is -2.49. The number of carbonyl (C=O) groups excluding carboxylic acids is 2. The molecule has 1 atom stereocenters. The van der Waals surface area contributed by atoms with Gasteiger partial charge < -0.3 is 10.2 Å². The maximum atomic E-state index is 13.0. The SMILES string of the molecule is CCC(=O)NC1CCCN(C(=O)c2cc(S(=O)(=O)NC3CC3)ccc2C)C1. The molecule has 3 rings (SSSR count). The minimum atomic E-state index is -3.61. The molecular weight excluding hydrogens is 366 g/mol. The van der Waals surface area contributed by atoms with Gasteiger partial charge in [-0.2, -0.15) is 0 Å². The molecule has 1 aliphatic heterocycles. The van der Waals surface area contributed by atoms with Crippen molar-refractivity contribution in [1.82, 2.24) is 14.9 Å². The van der Waals surface area contributed by atoms with Crippen molar-refractivity contribution >= 4 is 21.8 Å². The van der Waals surface area contributed by atoms with Gasteiger partial charge in [-0.3, -0.25) is 9.59 Å². The van der Waals surface area contributed by atoms with Crippen molar-refractivity contribution in [3.63, 3.8) is 0 Å². The summed E-state index contributed by atoms with van der Waals surface area (Å²) in [5.41, 5.74) is 1.14. The molecular formula is C19H27N3O4S. The fraction of sp³-hybridized carbons (Fsp3) is 0.579. The predicted molar refractivity (Wildman–Crippen MR) is 102 cm³/mol. The maximum Gasteiger partial charge on any atom is 0.254 e. The van der Waals surface area contributed by atoms with E-state index in [-0.39, 0.29) is 28.8 Å². The first-order valence-corrected chi connectivity index (χ1v) is 11.0. The normalized spacial score (nSPS) is 20.4. The minimum absolute atomic E-state index is 0.0143. The van der Waals surface area contributed by atoms with E-state index in [1.807, 2.05) is 0 Å². The van der Waals surface area contributed by atoms with Gasteiger partial charge in [0.1, 0.15) is 0 Å². The van der Waals surface area contributed by atoms with Gasteiger partial charge in [0.15, 0.2) is 0 Å². The second-order valence-electron chi connectivity index (χ2n) is 7.38. The Morgan fingerprint density at radius 2 is 1.93 bits per heavy atom. The van der Waals surface area contributed by atoms with Crippen LogP contribution >= 0.6 is 0 Å². The molecule has 1 aromatic rings. The molecule has 1 saturated carbocycles. The fourth-order valence-corrected chi connectivity index (χ4v) is 4.60. The third kappa shape index (κ3) is 4.87. The van der Waals surface area contributed by atoms with Crippen molar-refractivity contribution in [1.29, 1.82) is 0 Å². The molecule has 0 bridgehead atoms. The van der Waals surface area contributed by atoms with Crippen molar-refractivity contribution in [3.05, 3.63) is 29.3 Å². The highest BCUT2D eigenvalue weighted by Gasteiger charge is 2.30. The van der Waals surface area contributed by atoms with Gasteiger partial charge in [-0.15, -0.1) is 0 Å². The summed E-state index contributed by atoms with van der Waals surface area (Å²) in [6, 6.07) is 4.64. The molecule has 1 aliphatic carbocycles. The van der Waals surface area contributed by atoms with Crippen molar-refractivity contribution < 1.29 is 18.0 Å². The first-order valence-electron chi connectivity index (χ1n) is 9.51. The zero-order valence-corrected chi connectivity index (χ0v) is 16.6. The second-order valence-corrected chi connectivity index (χ2v) is 9.10. The largest absolute Gasteiger partial charge is 0.352 e. The van der Waals surface area contributed by atoms with Crippen LogP contribution < -0.4 is 10.0 Å². The molecule has 2 fully saturated rings. The number of benzene rings is 1. The lowest BCUT2D eigenvalue weighted by Gasteiger charge is -2.33. The maximum absolute atomic E-state index is 13.0. The van der Waals surface area contributed by atoms with Crippen LogP contribution in [0, 0.1) is 6.92 Å². The van der Waals surface area contributed by atoms with E-state index in [2.05, 4.69) is 10.0 Å². The summed E-state index contributed by atoms with van der Waals surface area (Å²) in [7, 11) is -3.61. The molecule has 0 spiro atoms. The standard InChI is InChI=1S/C19H27N3O4S/c1-3-18(23)20-15-5-4-10-22(12-15)19(24)17-11-16(9-6-13(17)2)27(25,26)21-14-7-8-14/h6,9,11,14-15,21H,3-5,7-8,10,12H2,1-2H3,(H,20,23). The van der Waals surface area contributed by atoms with E-state index in [4.69, 9.17) is 0 Å². The summed E-state index contributed by atoms with van der Waals surface area (Å²) >= 11 is 0. The van der Waals surface area contributed by atoms with Crippen molar-refractivity contribution in [3.8, 4) is 0 Å². The van der Waals surface area contributed by atoms with Gasteiger partial charge in [0.2, 0.25) is 15.9 Å². The van der Waals surface area contributed by atoms with E-state index in [1.165, 1.54) is 12.1 Å². The van der Waals surface area contributed by atoms with Crippen molar-refractivity contribution in [2.75, 3.05) is 13.1 Å². The number of hydrogen-bond donors (Lipinski definition) is 2. The number of likely N-dealkylation sites (tertiary alicyclic amines) is 1. The molecule has 2 N–H and O–H groups in total. The first-order chi connectivity index (χ1) is 12.8. The van der Waals surface area contributed by atoms with Crippen LogP contribution in [-0.2, 0) is 14.8 Å². The van der Waals surface area contributed by atoms with Crippen LogP contribution in [0.3, 0.4) is 0 Å². The van der Waals surface area contributed by atoms with Crippen LogP contribution in [0.15, 0.2) is 23.1 Å². The van der Waals surface area contributed by atoms with Crippen LogP contribution in [0.2, 0.25) is 0 Å². The third-order valence-corrected chi connectivity index (χ3v) is 6.56. The minimum Gasteiger partial charge on any atom is -0.352 e. The van der Waals surface area contributed by atoms with E-state index in [0.29, 0.717) is 25.1 Å². The van der Waals surface area contributed by atoms with Crippen LogP contribution in [0.25, 0.3) is 0 Å². The van der Waals surface area contributed by atoms with E-state index in [9.17, 15) is 18.0 Å². The molecule has 2 amide bonds. The van der Waals surface area contributed by atoms with E-state index in [0.717, 1.165) is 31.2 Å². The molecule has 7 nitrogen and oxygen atoms in total. The molecule has 148 valence electrons. The Labute approximate surface area is 160 Å². The third-order valence-electron chi connectivity index (χ3n) is 5.04. The Kier molecular flexibility index (Phi) is 5.86. The highest BCUT2D eigenvalue weighted by molar-refractivity contribution is 7.89. The molecule has 1 aromatic carbocycles. The molecule has 1 unspecified atom stereocenters. The average molecular weight is 394 g/mol. The highest BCUT2D eigenvalue weighted by atomic mass is 32.2. The Bertz CT molecular complexity index is 833. The van der Waals surface area contributed by atoms with Gasteiger partial charge in [0.05, 0.1) is 4.90 Å². The summed E-state index contributed by atoms with van der Waals surface area (Å²) in [5.74, 6) is -0.212. The summed E-state index contributed by atoms with van der Waals surface area (Å²) in [6.45, 7) is 4.65. The van der Waals surface area contributed by atoms with Gasteiger partial charge in [-0.05, 0) is 50.3 Å². The molecule has 1 saturated heterocycles. The molecule has 27 heavy (non-hydrogen) atoms. The van der Waals surface area contributed by atoms with Crippen LogP contribution in [-0.4, -0.2) is 50.3 Å². The number of nitrogens with one attached hydrogen (secondary N) is 2. The summed E-state index contributed by atoms with van der Waals surface area (Å²) in [4.78, 5) is 26.5. The number of nitrogens with zero attached hydrogens (tertiary/aromatic N) is 1. The molecule has 8 heteroatoms. The Hall–Kier alpha value is -1.93. The predicted octanol–water partition coefficient (Wildman–Crippen LogP) is 1.57. The van der Waals surface area contributed by atoms with E-state index < -0.39 is 10.0 Å². The summed E-state index contributed by atoms with van der Waals surface area (Å²) in [6.07, 6.45) is 3.78. The van der Waals surface area contributed by atoms with E-state index in [1.54, 1.807) is 24.8 Å². The smallest absolute Gasteiger partial charge is 0.254 e. The zero-order valence-electron chi connectivity index (χ0n) is 15.8. The highest BCUT2D eigenvalue weighted by Crippen LogP contribution is 2.24. The number of sulfonamides is 1. The van der Waals surface area contributed by atoms with Crippen LogP contribution in [0.5, 0.6) is 0 Å². The van der Waals surface area contributed by atoms with Crippen molar-refractivity contribution in [2.45, 2.75) is 62.9 Å². The molecule has 2 aliphatic rings. The number of carbonyl (C=O) groups is 2. The Morgan fingerprint density at radius 3 is 2.59 bits per heavy atom. The van der Waals surface area contributed by atoms with E-state index >= 15 is 0 Å². The Balaban J connectivity index is 1.77. The average Bonchev–Trinajstić information content (AvgIpc) is 3.44. The molecule has 0 aromatic heterocycles. The first kappa shape index (κ1) is 19.8. The molecule has 1 heterocycles. The Morgan fingerprint density at radius 1 is 1.19 bits per heavy atom. The second kappa shape index (κ2) is 7.98. The quantitative estimate of drug-likeness (QED) is 0.767. The fourth-order valence-electron chi connectivity index (χ4n) is 3.27. The topological polar surface area (TPSA) is 95.6 Å². The summed E-state index contributed by atoms with van der Waals surface area (Å²) < 4.78 is 27.6. The number of hydrogen-bond acceptors (Lipinski definition) is 4. The van der Waals surface area contributed by atoms with Gasteiger partial charge >= 0.3 is 0 Å². The lowest BCUT2D eigenvalue weighted by molar-refractivity contribution is -0.121. The lowest BCUT2D eigenvalue weighted by atomic mass is 10.0. The van der Waals surface area contributed by atoms with Crippen LogP contribution in [0.4, 0.5) is 0 Å². The summed E-state index contributed by atoms with van der Waals surface area (Å²) in [5, 5.41) is 2.94. The number of rotatable bonds is 6. The van der Waals surface area contributed by atoms with Gasteiger partial charge in [0.25, 0.3) is 5.91 Å². The monoisotopic (exact) mass is 393 g/mol. The van der Waals surface area contributed by atoms with Gasteiger partial charge in [-0.25, -0.2) is 13.1 Å². The number of piperidine rings is 1. The van der Waals surface area contributed by atoms with Crippen LogP contribution in [0.1, 0.15) is 54.9 Å². The van der Waals surface area contributed by atoms with Crippen molar-refractivity contribution in [2.24, 2.45) is 0 Å². The number of amides is 2. The molecule has 0 radical (unpaired) electrons. The number of aryl methyl sites for hydroxylation is 1. The zero-order chi connectivity index (χ0) is 19.6. The van der Waals surface area contributed by atoms with Gasteiger partial charge in [0, 0.05) is 37.2 Å². The van der Waals surface area contributed by atoms with Gasteiger partial charge in [-0.1, -0.05) is 13.0 Å².